The third-order valence-corrected chi connectivity index (χ3v) is 4.18. The van der Waals surface area contributed by atoms with Crippen molar-refractivity contribution in [2.24, 2.45) is 10.9 Å². The van der Waals surface area contributed by atoms with Crippen molar-refractivity contribution in [3.8, 4) is 0 Å². The fraction of sp³-hybridized carbons (Fsp3) is 0.941. The van der Waals surface area contributed by atoms with E-state index in [1.807, 2.05) is 7.05 Å². The minimum absolute atomic E-state index is 0. The van der Waals surface area contributed by atoms with E-state index in [1.54, 1.807) is 7.11 Å². The second kappa shape index (κ2) is 16.0. The minimum Gasteiger partial charge on any atom is -0.382 e. The predicted octanol–water partition coefficient (Wildman–Crippen LogP) is 1.18. The first-order valence-electron chi connectivity index (χ1n) is 9.02. The average molecular weight is 472 g/mol. The van der Waals surface area contributed by atoms with Gasteiger partial charge in [0, 0.05) is 53.0 Å². The zero-order valence-corrected chi connectivity index (χ0v) is 18.6. The highest BCUT2D eigenvalue weighted by atomic mass is 127. The van der Waals surface area contributed by atoms with Gasteiger partial charge in [0.25, 0.3) is 0 Å². The van der Waals surface area contributed by atoms with E-state index in [0.717, 1.165) is 58.4 Å². The summed E-state index contributed by atoms with van der Waals surface area (Å²) in [6.07, 6.45) is 0.946. The Kier molecular flexibility index (Phi) is 15.9. The van der Waals surface area contributed by atoms with Gasteiger partial charge in [0.2, 0.25) is 0 Å². The molecule has 0 saturated carbocycles. The van der Waals surface area contributed by atoms with Gasteiger partial charge < -0.3 is 24.8 Å². The van der Waals surface area contributed by atoms with Crippen molar-refractivity contribution in [2.45, 2.75) is 26.3 Å². The zero-order valence-electron chi connectivity index (χ0n) is 16.3. The number of aliphatic imine (C=N–C) groups is 1. The molecule has 2 N–H and O–H groups in total. The lowest BCUT2D eigenvalue weighted by atomic mass is 10.0. The predicted molar refractivity (Wildman–Crippen MR) is 113 cm³/mol. The van der Waals surface area contributed by atoms with E-state index in [2.05, 4.69) is 34.4 Å². The van der Waals surface area contributed by atoms with Crippen molar-refractivity contribution in [3.63, 3.8) is 0 Å². The number of methoxy groups -OCH3 is 1. The van der Waals surface area contributed by atoms with E-state index in [9.17, 15) is 0 Å². The van der Waals surface area contributed by atoms with Crippen LogP contribution in [0.1, 0.15) is 20.3 Å². The molecule has 150 valence electrons. The van der Waals surface area contributed by atoms with Crippen molar-refractivity contribution in [2.75, 3.05) is 73.4 Å². The molecule has 8 heteroatoms. The molecule has 7 nitrogen and oxygen atoms in total. The fourth-order valence-electron chi connectivity index (χ4n) is 2.74. The molecule has 1 heterocycles. The molecule has 1 atom stereocenters. The topological polar surface area (TPSA) is 67.4 Å². The molecule has 1 aliphatic heterocycles. The summed E-state index contributed by atoms with van der Waals surface area (Å²) in [6, 6.07) is 0.491. The molecule has 1 fully saturated rings. The van der Waals surface area contributed by atoms with Gasteiger partial charge in [-0.05, 0) is 12.3 Å². The summed E-state index contributed by atoms with van der Waals surface area (Å²) in [5.74, 6) is 1.44. The Morgan fingerprint density at radius 2 is 1.88 bits per heavy atom. The maximum absolute atomic E-state index is 5.46. The molecule has 0 aliphatic carbocycles. The minimum atomic E-state index is 0. The number of nitrogens with one attached hydrogen (secondary N) is 2. The third-order valence-electron chi connectivity index (χ3n) is 4.18. The first-order valence-corrected chi connectivity index (χ1v) is 9.02. The summed E-state index contributed by atoms with van der Waals surface area (Å²) in [5, 5.41) is 6.80. The standard InChI is InChI=1S/C17H36N4O3.HI/c1-15(2)16(21-7-10-24-11-8-21)14-20-17(18-3)19-6-5-9-23-13-12-22-4;/h15-16H,5-14H2,1-4H3,(H2,18,19,20);1H. The van der Waals surface area contributed by atoms with Gasteiger partial charge >= 0.3 is 0 Å². The van der Waals surface area contributed by atoms with Gasteiger partial charge in [-0.15, -0.1) is 24.0 Å². The van der Waals surface area contributed by atoms with Gasteiger partial charge in [0.05, 0.1) is 26.4 Å². The normalized spacial score (nSPS) is 17.2. The molecule has 1 unspecified atom stereocenters. The lowest BCUT2D eigenvalue weighted by molar-refractivity contribution is 0.00752. The Morgan fingerprint density at radius 1 is 1.16 bits per heavy atom. The fourth-order valence-corrected chi connectivity index (χ4v) is 2.74. The maximum Gasteiger partial charge on any atom is 0.191 e. The number of halogens is 1. The second-order valence-electron chi connectivity index (χ2n) is 6.30. The summed E-state index contributed by atoms with van der Waals surface area (Å²) in [5.41, 5.74) is 0. The number of ether oxygens (including phenoxy) is 3. The number of hydrogen-bond donors (Lipinski definition) is 2. The van der Waals surface area contributed by atoms with Crippen molar-refractivity contribution in [1.29, 1.82) is 0 Å². The first-order chi connectivity index (χ1) is 11.7. The summed E-state index contributed by atoms with van der Waals surface area (Å²) < 4.78 is 15.9. The Labute approximate surface area is 170 Å². The first kappa shape index (κ1) is 24.8. The molecule has 0 radical (unpaired) electrons. The highest BCUT2D eigenvalue weighted by Gasteiger charge is 2.23. The largest absolute Gasteiger partial charge is 0.382 e. The number of guanidine groups is 1. The smallest absolute Gasteiger partial charge is 0.191 e. The van der Waals surface area contributed by atoms with E-state index in [4.69, 9.17) is 14.2 Å². The molecule has 0 bridgehead atoms. The van der Waals surface area contributed by atoms with E-state index in [-0.39, 0.29) is 24.0 Å². The third kappa shape index (κ3) is 11.2. The molecule has 1 saturated heterocycles. The van der Waals surface area contributed by atoms with Crippen molar-refractivity contribution in [3.05, 3.63) is 0 Å². The summed E-state index contributed by atoms with van der Waals surface area (Å²) in [6.45, 7) is 12.0. The van der Waals surface area contributed by atoms with Crippen LogP contribution in [0.5, 0.6) is 0 Å². The van der Waals surface area contributed by atoms with Gasteiger partial charge in [-0.1, -0.05) is 13.8 Å². The van der Waals surface area contributed by atoms with Crippen LogP contribution in [0, 0.1) is 5.92 Å². The molecular weight excluding hydrogens is 435 g/mol. The van der Waals surface area contributed by atoms with Crippen LogP contribution in [0.15, 0.2) is 4.99 Å². The van der Waals surface area contributed by atoms with E-state index in [0.29, 0.717) is 25.2 Å². The molecule has 0 aromatic carbocycles. The summed E-state index contributed by atoms with van der Waals surface area (Å²) in [7, 11) is 3.49. The average Bonchev–Trinajstić information content (AvgIpc) is 2.60. The van der Waals surface area contributed by atoms with Gasteiger partial charge in [-0.25, -0.2) is 0 Å². The van der Waals surface area contributed by atoms with Gasteiger partial charge in [-0.2, -0.15) is 0 Å². The van der Waals surface area contributed by atoms with Crippen LogP contribution in [0.2, 0.25) is 0 Å². The van der Waals surface area contributed by atoms with Crippen LogP contribution in [-0.4, -0.2) is 90.3 Å². The Bertz CT molecular complexity index is 340. The highest BCUT2D eigenvalue weighted by Crippen LogP contribution is 2.12. The van der Waals surface area contributed by atoms with E-state index >= 15 is 0 Å². The SMILES string of the molecule is CN=C(NCCCOCCOC)NCC(C(C)C)N1CCOCC1.I. The van der Waals surface area contributed by atoms with Gasteiger partial charge in [0.15, 0.2) is 5.96 Å². The van der Waals surface area contributed by atoms with Crippen LogP contribution in [-0.2, 0) is 14.2 Å². The summed E-state index contributed by atoms with van der Waals surface area (Å²) in [4.78, 5) is 6.81. The molecule has 25 heavy (non-hydrogen) atoms. The van der Waals surface area contributed by atoms with Crippen molar-refractivity contribution in [1.82, 2.24) is 15.5 Å². The molecule has 0 aromatic rings. The van der Waals surface area contributed by atoms with Crippen LogP contribution in [0.25, 0.3) is 0 Å². The molecular formula is C17H37IN4O3. The second-order valence-corrected chi connectivity index (χ2v) is 6.30. The van der Waals surface area contributed by atoms with Crippen LogP contribution < -0.4 is 10.6 Å². The lowest BCUT2D eigenvalue weighted by Crippen LogP contribution is -2.52. The van der Waals surface area contributed by atoms with Crippen molar-refractivity contribution < 1.29 is 14.2 Å². The highest BCUT2D eigenvalue weighted by molar-refractivity contribution is 14.0. The number of hydrogen-bond acceptors (Lipinski definition) is 5. The Hall–Kier alpha value is -0.160. The van der Waals surface area contributed by atoms with Gasteiger partial charge in [0.1, 0.15) is 0 Å². The maximum atomic E-state index is 5.46. The van der Waals surface area contributed by atoms with Crippen LogP contribution in [0.3, 0.4) is 0 Å². The number of morpholine rings is 1. The lowest BCUT2D eigenvalue weighted by Gasteiger charge is -2.37. The van der Waals surface area contributed by atoms with Crippen LogP contribution >= 0.6 is 24.0 Å². The number of rotatable bonds is 11. The van der Waals surface area contributed by atoms with Crippen molar-refractivity contribution >= 4 is 29.9 Å². The number of nitrogens with zero attached hydrogens (tertiary/aromatic N) is 2. The molecule has 0 aromatic heterocycles. The molecule has 0 amide bonds. The van der Waals surface area contributed by atoms with Crippen LogP contribution in [0.4, 0.5) is 0 Å². The van der Waals surface area contributed by atoms with E-state index in [1.165, 1.54) is 0 Å². The molecule has 1 aliphatic rings. The Morgan fingerprint density at radius 3 is 2.48 bits per heavy atom. The molecule has 1 rings (SSSR count). The Balaban J connectivity index is 0.00000576. The monoisotopic (exact) mass is 472 g/mol. The molecule has 0 spiro atoms. The summed E-state index contributed by atoms with van der Waals surface area (Å²) >= 11 is 0. The van der Waals surface area contributed by atoms with E-state index < -0.39 is 0 Å². The zero-order chi connectivity index (χ0) is 17.6. The van der Waals surface area contributed by atoms with Gasteiger partial charge in [-0.3, -0.25) is 9.89 Å². The quantitative estimate of drug-likeness (QED) is 0.204.